The van der Waals surface area contributed by atoms with Crippen molar-refractivity contribution in [3.05, 3.63) is 12.2 Å². The summed E-state index contributed by atoms with van der Waals surface area (Å²) in [5.74, 6) is 0.0599. The van der Waals surface area contributed by atoms with Crippen LogP contribution in [0.3, 0.4) is 0 Å². The Hall–Kier alpha value is -0.390. The van der Waals surface area contributed by atoms with Crippen LogP contribution in [0.5, 0.6) is 0 Å². The van der Waals surface area contributed by atoms with Gasteiger partial charge in [-0.3, -0.25) is 4.18 Å². The summed E-state index contributed by atoms with van der Waals surface area (Å²) >= 11 is 0. The zero-order chi connectivity index (χ0) is 10.6. The van der Waals surface area contributed by atoms with Crippen LogP contribution in [0.25, 0.3) is 0 Å². The predicted octanol–water partition coefficient (Wildman–Crippen LogP) is 0.944. The minimum absolute atomic E-state index is 0.0599. The molecule has 0 aromatic heterocycles. The minimum atomic E-state index is -3.34. The van der Waals surface area contributed by atoms with Crippen LogP contribution in [0.4, 0.5) is 0 Å². The van der Waals surface area contributed by atoms with Gasteiger partial charge in [0.1, 0.15) is 0 Å². The van der Waals surface area contributed by atoms with E-state index in [-0.39, 0.29) is 18.6 Å². The fraction of sp³-hybridized carbons (Fsp3) is 0.778. The van der Waals surface area contributed by atoms with E-state index < -0.39 is 10.1 Å². The maximum Gasteiger partial charge on any atom is 0.264 e. The second kappa shape index (κ2) is 4.91. The predicted molar refractivity (Wildman–Crippen MR) is 53.5 cm³/mol. The van der Waals surface area contributed by atoms with Gasteiger partial charge in [-0.05, 0) is 13.3 Å². The van der Waals surface area contributed by atoms with Gasteiger partial charge in [0.2, 0.25) is 0 Å². The first-order valence-corrected chi connectivity index (χ1v) is 6.47. The lowest BCUT2D eigenvalue weighted by Gasteiger charge is -2.18. The number of rotatable bonds is 5. The topological polar surface area (TPSA) is 52.6 Å². The van der Waals surface area contributed by atoms with Crippen molar-refractivity contribution < 1.29 is 17.3 Å². The first-order valence-electron chi connectivity index (χ1n) is 4.65. The van der Waals surface area contributed by atoms with E-state index in [0.29, 0.717) is 6.61 Å². The van der Waals surface area contributed by atoms with Gasteiger partial charge in [0.15, 0.2) is 0 Å². The molecule has 0 bridgehead atoms. The number of hydrogen-bond donors (Lipinski definition) is 0. The SMILES string of the molecule is CCO[C@H]1CC=C[C@@H]1COS(C)(=O)=O. The van der Waals surface area contributed by atoms with E-state index in [4.69, 9.17) is 8.92 Å². The molecule has 2 atom stereocenters. The average molecular weight is 220 g/mol. The summed E-state index contributed by atoms with van der Waals surface area (Å²) < 4.78 is 31.7. The highest BCUT2D eigenvalue weighted by molar-refractivity contribution is 7.85. The molecule has 82 valence electrons. The van der Waals surface area contributed by atoms with E-state index in [0.717, 1.165) is 12.7 Å². The molecule has 4 nitrogen and oxygen atoms in total. The molecule has 0 heterocycles. The van der Waals surface area contributed by atoms with Gasteiger partial charge in [0.25, 0.3) is 10.1 Å². The Morgan fingerprint density at radius 2 is 2.21 bits per heavy atom. The zero-order valence-electron chi connectivity index (χ0n) is 8.47. The summed E-state index contributed by atoms with van der Waals surface area (Å²) in [6.45, 7) is 2.74. The third-order valence-electron chi connectivity index (χ3n) is 2.08. The molecule has 5 heteroatoms. The van der Waals surface area contributed by atoms with Gasteiger partial charge < -0.3 is 4.74 Å². The first kappa shape index (κ1) is 11.7. The molecule has 1 rings (SSSR count). The average Bonchev–Trinajstić information content (AvgIpc) is 2.48. The molecule has 0 N–H and O–H groups in total. The molecule has 0 spiro atoms. The van der Waals surface area contributed by atoms with Crippen LogP contribution in [0.15, 0.2) is 12.2 Å². The van der Waals surface area contributed by atoms with E-state index in [9.17, 15) is 8.42 Å². The molecule has 0 saturated heterocycles. The minimum Gasteiger partial charge on any atom is -0.377 e. The highest BCUT2D eigenvalue weighted by Crippen LogP contribution is 2.22. The van der Waals surface area contributed by atoms with Crippen molar-refractivity contribution in [2.24, 2.45) is 5.92 Å². The van der Waals surface area contributed by atoms with E-state index in [1.54, 1.807) is 0 Å². The summed E-state index contributed by atoms with van der Waals surface area (Å²) in [6.07, 6.45) is 5.91. The lowest BCUT2D eigenvalue weighted by molar-refractivity contribution is 0.0301. The number of ether oxygens (including phenoxy) is 1. The monoisotopic (exact) mass is 220 g/mol. The number of hydrogen-bond acceptors (Lipinski definition) is 4. The van der Waals surface area contributed by atoms with E-state index >= 15 is 0 Å². The van der Waals surface area contributed by atoms with Gasteiger partial charge in [-0.1, -0.05) is 12.2 Å². The van der Waals surface area contributed by atoms with Crippen molar-refractivity contribution in [2.45, 2.75) is 19.4 Å². The highest BCUT2D eigenvalue weighted by Gasteiger charge is 2.24. The highest BCUT2D eigenvalue weighted by atomic mass is 32.2. The van der Waals surface area contributed by atoms with Crippen molar-refractivity contribution in [3.63, 3.8) is 0 Å². The molecule has 0 fully saturated rings. The third kappa shape index (κ3) is 3.77. The Kier molecular flexibility index (Phi) is 4.10. The summed E-state index contributed by atoms with van der Waals surface area (Å²) in [7, 11) is -3.34. The third-order valence-corrected chi connectivity index (χ3v) is 2.65. The summed E-state index contributed by atoms with van der Waals surface area (Å²) in [5, 5.41) is 0. The molecule has 1 aliphatic rings. The van der Waals surface area contributed by atoms with Gasteiger partial charge in [0, 0.05) is 12.5 Å². The van der Waals surface area contributed by atoms with Gasteiger partial charge in [-0.2, -0.15) is 8.42 Å². The van der Waals surface area contributed by atoms with E-state index in [1.807, 2.05) is 19.1 Å². The van der Waals surface area contributed by atoms with E-state index in [2.05, 4.69) is 0 Å². The molecular weight excluding hydrogens is 204 g/mol. The van der Waals surface area contributed by atoms with Crippen LogP contribution < -0.4 is 0 Å². The molecular formula is C9H16O4S. The quantitative estimate of drug-likeness (QED) is 0.511. The van der Waals surface area contributed by atoms with Crippen molar-refractivity contribution in [2.75, 3.05) is 19.5 Å². The lowest BCUT2D eigenvalue weighted by atomic mass is 10.1. The first-order chi connectivity index (χ1) is 6.53. The maximum absolute atomic E-state index is 10.8. The molecule has 1 aliphatic carbocycles. The van der Waals surface area contributed by atoms with Crippen molar-refractivity contribution >= 4 is 10.1 Å². The fourth-order valence-corrected chi connectivity index (χ4v) is 1.86. The molecule has 0 amide bonds. The molecule has 0 aromatic rings. The van der Waals surface area contributed by atoms with Crippen LogP contribution >= 0.6 is 0 Å². The Bertz CT molecular complexity index is 294. The lowest BCUT2D eigenvalue weighted by Crippen LogP contribution is -2.24. The van der Waals surface area contributed by atoms with Crippen LogP contribution in [-0.4, -0.2) is 34.0 Å². The summed E-state index contributed by atoms with van der Waals surface area (Å²) in [6, 6.07) is 0. The standard InChI is InChI=1S/C9H16O4S/c1-3-12-9-6-4-5-8(9)7-13-14(2,10)11/h4-5,8-9H,3,6-7H2,1-2H3/t8-,9+/m1/s1. The van der Waals surface area contributed by atoms with Gasteiger partial charge in [-0.15, -0.1) is 0 Å². The van der Waals surface area contributed by atoms with Gasteiger partial charge in [-0.25, -0.2) is 0 Å². The molecule has 0 aromatic carbocycles. The molecule has 0 radical (unpaired) electrons. The maximum atomic E-state index is 10.8. The summed E-state index contributed by atoms with van der Waals surface area (Å²) in [5.41, 5.74) is 0. The smallest absolute Gasteiger partial charge is 0.264 e. The van der Waals surface area contributed by atoms with Crippen molar-refractivity contribution in [1.82, 2.24) is 0 Å². The fourth-order valence-electron chi connectivity index (χ4n) is 1.46. The van der Waals surface area contributed by atoms with Crippen molar-refractivity contribution in [1.29, 1.82) is 0 Å². The molecule has 0 aliphatic heterocycles. The van der Waals surface area contributed by atoms with E-state index in [1.165, 1.54) is 0 Å². The zero-order valence-corrected chi connectivity index (χ0v) is 9.29. The Morgan fingerprint density at radius 1 is 1.50 bits per heavy atom. The normalized spacial score (nSPS) is 27.0. The van der Waals surface area contributed by atoms with Crippen molar-refractivity contribution in [3.8, 4) is 0 Å². The molecule has 14 heavy (non-hydrogen) atoms. The Morgan fingerprint density at radius 3 is 2.79 bits per heavy atom. The Balaban J connectivity index is 2.39. The van der Waals surface area contributed by atoms with Crippen LogP contribution in [-0.2, 0) is 19.0 Å². The second-order valence-corrected chi connectivity index (χ2v) is 4.95. The van der Waals surface area contributed by atoms with Crippen LogP contribution in [0.1, 0.15) is 13.3 Å². The van der Waals surface area contributed by atoms with Crippen LogP contribution in [0.2, 0.25) is 0 Å². The van der Waals surface area contributed by atoms with Gasteiger partial charge in [0.05, 0.1) is 19.0 Å². The second-order valence-electron chi connectivity index (χ2n) is 3.31. The summed E-state index contributed by atoms with van der Waals surface area (Å²) in [4.78, 5) is 0. The Labute approximate surface area is 85.0 Å². The van der Waals surface area contributed by atoms with Crippen LogP contribution in [0, 0.1) is 5.92 Å². The van der Waals surface area contributed by atoms with Gasteiger partial charge >= 0.3 is 0 Å². The largest absolute Gasteiger partial charge is 0.377 e. The molecule has 0 saturated carbocycles. The molecule has 0 unspecified atom stereocenters.